The first-order valence-electron chi connectivity index (χ1n) is 12.5. The Morgan fingerprint density at radius 2 is 1.15 bits per heavy atom. The Morgan fingerprint density at radius 3 is 1.82 bits per heavy atom. The molecular formula is C33H17F3N4. The van der Waals surface area contributed by atoms with Crippen LogP contribution in [0.5, 0.6) is 0 Å². The van der Waals surface area contributed by atoms with Gasteiger partial charge in [0.15, 0.2) is 0 Å². The maximum absolute atomic E-state index is 14.2. The van der Waals surface area contributed by atoms with Crippen LogP contribution in [0.2, 0.25) is 0 Å². The van der Waals surface area contributed by atoms with Gasteiger partial charge in [-0.25, -0.2) is 0 Å². The summed E-state index contributed by atoms with van der Waals surface area (Å²) < 4.78 is 46.2. The van der Waals surface area contributed by atoms with E-state index in [9.17, 15) is 23.7 Å². The molecule has 0 N–H and O–H groups in total. The van der Waals surface area contributed by atoms with Gasteiger partial charge in [-0.2, -0.15) is 23.7 Å². The molecule has 0 unspecified atom stereocenters. The van der Waals surface area contributed by atoms with Crippen molar-refractivity contribution in [2.75, 3.05) is 0 Å². The van der Waals surface area contributed by atoms with Crippen LogP contribution in [0, 0.1) is 22.7 Å². The molecule has 0 saturated heterocycles. The highest BCUT2D eigenvalue weighted by Crippen LogP contribution is 2.44. The number of rotatable bonds is 2. The minimum atomic E-state index is -4.55. The molecule has 2 heterocycles. The second-order valence-corrected chi connectivity index (χ2v) is 9.50. The minimum absolute atomic E-state index is 0.0263. The molecule has 2 aromatic heterocycles. The number of nitrogens with zero attached hydrogens (tertiary/aromatic N) is 4. The Labute approximate surface area is 225 Å². The number of fused-ring (bicyclic) bond motifs is 7. The van der Waals surface area contributed by atoms with Crippen molar-refractivity contribution in [1.29, 1.82) is 10.5 Å². The average molecular weight is 527 g/mol. The highest BCUT2D eigenvalue weighted by molar-refractivity contribution is 6.26. The highest BCUT2D eigenvalue weighted by atomic mass is 19.4. The zero-order valence-electron chi connectivity index (χ0n) is 20.7. The summed E-state index contributed by atoms with van der Waals surface area (Å²) in [6.07, 6.45) is -4.55. The molecule has 7 rings (SSSR count). The molecule has 0 saturated carbocycles. The second-order valence-electron chi connectivity index (χ2n) is 9.50. The van der Waals surface area contributed by atoms with Crippen LogP contribution in [0.25, 0.3) is 55.0 Å². The number of hydrogen-bond acceptors (Lipinski definition) is 2. The van der Waals surface area contributed by atoms with Crippen molar-refractivity contribution in [3.63, 3.8) is 0 Å². The van der Waals surface area contributed by atoms with Gasteiger partial charge in [0.25, 0.3) is 0 Å². The molecule has 40 heavy (non-hydrogen) atoms. The van der Waals surface area contributed by atoms with Crippen LogP contribution in [-0.2, 0) is 6.18 Å². The van der Waals surface area contributed by atoms with Gasteiger partial charge in [0.05, 0.1) is 50.1 Å². The molecule has 0 aliphatic rings. The van der Waals surface area contributed by atoms with Gasteiger partial charge < -0.3 is 9.13 Å². The van der Waals surface area contributed by atoms with Gasteiger partial charge in [-0.3, -0.25) is 0 Å². The number of halogens is 3. The lowest BCUT2D eigenvalue weighted by atomic mass is 10.1. The van der Waals surface area contributed by atoms with Crippen LogP contribution in [0.3, 0.4) is 0 Å². The van der Waals surface area contributed by atoms with E-state index in [1.807, 2.05) is 59.2 Å². The second kappa shape index (κ2) is 8.49. The van der Waals surface area contributed by atoms with Gasteiger partial charge in [-0.15, -0.1) is 0 Å². The summed E-state index contributed by atoms with van der Waals surface area (Å²) in [7, 11) is 0. The molecule has 0 atom stereocenters. The summed E-state index contributed by atoms with van der Waals surface area (Å²) in [5.74, 6) is 0. The number of hydrogen-bond donors (Lipinski definition) is 0. The van der Waals surface area contributed by atoms with Crippen LogP contribution in [0.15, 0.2) is 103 Å². The minimum Gasteiger partial charge on any atom is -0.309 e. The van der Waals surface area contributed by atoms with Crippen molar-refractivity contribution in [2.45, 2.75) is 6.18 Å². The van der Waals surface area contributed by atoms with E-state index in [0.717, 1.165) is 38.6 Å². The van der Waals surface area contributed by atoms with Gasteiger partial charge in [0.2, 0.25) is 0 Å². The molecule has 190 valence electrons. The van der Waals surface area contributed by atoms with E-state index in [1.54, 1.807) is 34.9 Å². The fourth-order valence-electron chi connectivity index (χ4n) is 5.87. The average Bonchev–Trinajstić information content (AvgIpc) is 3.49. The van der Waals surface area contributed by atoms with E-state index >= 15 is 0 Å². The molecule has 7 heteroatoms. The third-order valence-electron chi connectivity index (χ3n) is 7.42. The van der Waals surface area contributed by atoms with Crippen LogP contribution in [-0.4, -0.2) is 9.13 Å². The van der Waals surface area contributed by atoms with Crippen molar-refractivity contribution in [3.8, 4) is 23.5 Å². The third-order valence-corrected chi connectivity index (χ3v) is 7.42. The van der Waals surface area contributed by atoms with Crippen molar-refractivity contribution in [3.05, 3.63) is 120 Å². The number of benzene rings is 5. The van der Waals surface area contributed by atoms with Gasteiger partial charge in [0, 0.05) is 21.5 Å². The fraction of sp³-hybridized carbons (Fsp3) is 0.0303. The summed E-state index contributed by atoms with van der Waals surface area (Å²) in [4.78, 5) is 0. The van der Waals surface area contributed by atoms with Crippen LogP contribution in [0.4, 0.5) is 13.2 Å². The third kappa shape index (κ3) is 3.19. The zero-order chi connectivity index (χ0) is 27.6. The SMILES string of the molecule is N#Cc1cccc(C#N)c1-n1c2ccccc2c2ccc3c(c4ccccc4n3-c3ccccc3C(F)(F)F)c21. The monoisotopic (exact) mass is 526 g/mol. The lowest BCUT2D eigenvalue weighted by molar-refractivity contribution is -0.137. The molecule has 5 aromatic carbocycles. The van der Waals surface area contributed by atoms with Crippen LogP contribution < -0.4 is 0 Å². The topological polar surface area (TPSA) is 57.4 Å². The predicted octanol–water partition coefficient (Wildman–Crippen LogP) is 8.64. The largest absolute Gasteiger partial charge is 0.418 e. The Balaban J connectivity index is 1.77. The molecule has 7 aromatic rings. The van der Waals surface area contributed by atoms with Gasteiger partial charge in [0.1, 0.15) is 12.1 Å². The van der Waals surface area contributed by atoms with Gasteiger partial charge >= 0.3 is 6.18 Å². The Bertz CT molecular complexity index is 2210. The van der Waals surface area contributed by atoms with Crippen LogP contribution >= 0.6 is 0 Å². The van der Waals surface area contributed by atoms with Gasteiger partial charge in [-0.1, -0.05) is 60.7 Å². The van der Waals surface area contributed by atoms with E-state index in [1.165, 1.54) is 12.1 Å². The Kier molecular flexibility index (Phi) is 5.00. The summed E-state index contributed by atoms with van der Waals surface area (Å²) in [6, 6.07) is 33.8. The summed E-state index contributed by atoms with van der Waals surface area (Å²) >= 11 is 0. The fourth-order valence-corrected chi connectivity index (χ4v) is 5.87. The molecule has 0 aliphatic heterocycles. The first-order valence-corrected chi connectivity index (χ1v) is 12.5. The van der Waals surface area contributed by atoms with E-state index < -0.39 is 11.7 Å². The molecule has 0 radical (unpaired) electrons. The first kappa shape index (κ1) is 23.6. The maximum atomic E-state index is 14.2. The molecule has 0 amide bonds. The predicted molar refractivity (Wildman–Crippen MR) is 150 cm³/mol. The quantitative estimate of drug-likeness (QED) is 0.226. The standard InChI is InChI=1S/C33H17F3N4/c34-33(35,36)25-12-3-6-15-28(25)39-27-14-5-2-11-24(27)30-29(39)17-16-23-22-10-1-4-13-26(22)40(32(23)30)31-20(18-37)8-7-9-21(31)19-38/h1-17H. The smallest absolute Gasteiger partial charge is 0.309 e. The molecule has 0 spiro atoms. The van der Waals surface area contributed by atoms with Crippen molar-refractivity contribution in [2.24, 2.45) is 0 Å². The summed E-state index contributed by atoms with van der Waals surface area (Å²) in [5, 5.41) is 23.4. The van der Waals surface area contributed by atoms with E-state index in [4.69, 9.17) is 0 Å². The van der Waals surface area contributed by atoms with Gasteiger partial charge in [-0.05, 0) is 42.5 Å². The maximum Gasteiger partial charge on any atom is 0.418 e. The van der Waals surface area contributed by atoms with E-state index in [2.05, 4.69) is 12.1 Å². The lowest BCUT2D eigenvalue weighted by Crippen LogP contribution is -2.10. The van der Waals surface area contributed by atoms with Crippen molar-refractivity contribution < 1.29 is 13.2 Å². The van der Waals surface area contributed by atoms with Crippen molar-refractivity contribution >= 4 is 43.6 Å². The molecule has 0 fully saturated rings. The van der Waals surface area contributed by atoms with E-state index in [-0.39, 0.29) is 5.69 Å². The molecule has 0 aliphatic carbocycles. The number of alkyl halides is 3. The molecule has 4 nitrogen and oxygen atoms in total. The number of nitriles is 2. The Morgan fingerprint density at radius 1 is 0.550 bits per heavy atom. The zero-order valence-corrected chi connectivity index (χ0v) is 20.7. The number of aromatic nitrogens is 2. The first-order chi connectivity index (χ1) is 19.4. The summed E-state index contributed by atoms with van der Waals surface area (Å²) in [5.41, 5.74) is 3.09. The summed E-state index contributed by atoms with van der Waals surface area (Å²) in [6.45, 7) is 0. The molecule has 0 bridgehead atoms. The van der Waals surface area contributed by atoms with Crippen LogP contribution in [0.1, 0.15) is 16.7 Å². The Hall–Kier alpha value is -5.53. The van der Waals surface area contributed by atoms with Crippen molar-refractivity contribution in [1.82, 2.24) is 9.13 Å². The lowest BCUT2D eigenvalue weighted by Gasteiger charge is -2.16. The highest BCUT2D eigenvalue weighted by Gasteiger charge is 2.34. The molecular weight excluding hydrogens is 509 g/mol. The normalized spacial score (nSPS) is 11.8. The number of para-hydroxylation sites is 4. The van der Waals surface area contributed by atoms with E-state index in [0.29, 0.717) is 27.8 Å².